The minimum absolute atomic E-state index is 0.0577. The van der Waals surface area contributed by atoms with E-state index in [2.05, 4.69) is 118 Å². The molecule has 8 nitrogen and oxygen atoms in total. The number of aliphatic carboxylic acids is 2. The quantitative estimate of drug-likeness (QED) is 0.145. The highest BCUT2D eigenvalue weighted by atomic mass is 19.4. The Hall–Kier alpha value is -5.16. The van der Waals surface area contributed by atoms with Gasteiger partial charge in [0, 0.05) is 18.7 Å². The minimum Gasteiger partial charge on any atom is -0.482 e. The molecule has 302 valence electrons. The van der Waals surface area contributed by atoms with Crippen molar-refractivity contribution in [1.29, 1.82) is 0 Å². The number of aryl methyl sites for hydroxylation is 1. The number of imidazole rings is 1. The van der Waals surface area contributed by atoms with E-state index in [0.717, 1.165) is 47.5 Å². The van der Waals surface area contributed by atoms with Crippen LogP contribution in [0.5, 0.6) is 5.75 Å². The molecule has 2 N–H and O–H groups in total. The Morgan fingerprint density at radius 3 is 2.28 bits per heavy atom. The maximum Gasteiger partial charge on any atom is 0.490 e. The van der Waals surface area contributed by atoms with Gasteiger partial charge in [-0.15, -0.1) is 0 Å². The van der Waals surface area contributed by atoms with Crippen molar-refractivity contribution in [3.05, 3.63) is 107 Å². The van der Waals surface area contributed by atoms with Crippen molar-refractivity contribution in [2.75, 3.05) is 20.7 Å². The van der Waals surface area contributed by atoms with Crippen LogP contribution in [0.3, 0.4) is 0 Å². The third-order valence-corrected chi connectivity index (χ3v) is 11.9. The lowest BCUT2D eigenvalue weighted by Crippen LogP contribution is -2.50. The Bertz CT molecular complexity index is 2250. The summed E-state index contributed by atoms with van der Waals surface area (Å²) in [7, 11) is 4.18. The highest BCUT2D eigenvalue weighted by Gasteiger charge is 2.52. The Labute approximate surface area is 332 Å². The molecule has 2 aliphatic rings. The molecule has 1 fully saturated rings. The predicted molar refractivity (Wildman–Crippen MR) is 216 cm³/mol. The summed E-state index contributed by atoms with van der Waals surface area (Å²) in [6, 6.07) is 30.6. The number of aromatic nitrogens is 2. The van der Waals surface area contributed by atoms with Crippen molar-refractivity contribution in [2.24, 2.45) is 11.3 Å². The molecule has 2 aliphatic carbocycles. The van der Waals surface area contributed by atoms with E-state index in [0.29, 0.717) is 17.6 Å². The summed E-state index contributed by atoms with van der Waals surface area (Å²) in [5.41, 5.74) is 11.3. The van der Waals surface area contributed by atoms with E-state index >= 15 is 0 Å². The van der Waals surface area contributed by atoms with Crippen LogP contribution in [-0.4, -0.2) is 63.5 Å². The number of rotatable bonds is 10. The first-order valence-electron chi connectivity index (χ1n) is 19.5. The van der Waals surface area contributed by atoms with Gasteiger partial charge >= 0.3 is 18.1 Å². The number of hydrogen-bond acceptors (Lipinski definition) is 5. The number of alkyl halides is 3. The largest absolute Gasteiger partial charge is 0.490 e. The summed E-state index contributed by atoms with van der Waals surface area (Å²) in [6.45, 7) is 11.0. The molecule has 7 rings (SSSR count). The normalized spacial score (nSPS) is 20.4. The molecule has 0 spiro atoms. The number of ether oxygens (including phenoxy) is 1. The average Bonchev–Trinajstić information content (AvgIpc) is 3.50. The zero-order valence-corrected chi connectivity index (χ0v) is 33.5. The summed E-state index contributed by atoms with van der Waals surface area (Å²) >= 11 is 0. The van der Waals surface area contributed by atoms with Gasteiger partial charge in [-0.1, -0.05) is 94.8 Å². The highest BCUT2D eigenvalue weighted by Crippen LogP contribution is 2.58. The van der Waals surface area contributed by atoms with Crippen LogP contribution < -0.4 is 4.74 Å². The number of halogens is 3. The van der Waals surface area contributed by atoms with Gasteiger partial charge in [0.1, 0.15) is 11.6 Å². The van der Waals surface area contributed by atoms with Crippen molar-refractivity contribution in [3.8, 4) is 28.3 Å². The monoisotopic (exact) mass is 783 g/mol. The predicted octanol–water partition coefficient (Wildman–Crippen LogP) is 10.4. The van der Waals surface area contributed by atoms with Crippen LogP contribution in [0.1, 0.15) is 81.5 Å². The van der Waals surface area contributed by atoms with Crippen LogP contribution in [0.25, 0.3) is 33.5 Å². The molecule has 0 bridgehead atoms. The Kier molecular flexibility index (Phi) is 11.9. The van der Waals surface area contributed by atoms with Crippen LogP contribution in [0.15, 0.2) is 84.9 Å². The summed E-state index contributed by atoms with van der Waals surface area (Å²) < 4.78 is 39.8. The Morgan fingerprint density at radius 1 is 0.930 bits per heavy atom. The number of carbonyl (C=O) groups is 2. The van der Waals surface area contributed by atoms with Gasteiger partial charge in [0.15, 0.2) is 6.61 Å². The first-order chi connectivity index (χ1) is 26.9. The molecular weight excluding hydrogens is 732 g/mol. The van der Waals surface area contributed by atoms with E-state index in [-0.39, 0.29) is 17.4 Å². The standard InChI is InChI=1S/C44H51N3O3.C2HF3O2/c1-29(2)32-15-18-37-34(23-32)17-20-40-43(3,21-8-22-44(37,40)4)28-47-39-19-16-33(31-13-11-30(12-14-31)26-46(5)6)25-38(39)45-42(47)35-9-7-10-36(24-35)50-27-41(48)49;3-2(4,5)1(6)7/h7,9-16,18-19,23-25,29,40H,8,17,20-22,26-28H2,1-6H3,(H,48,49);(H,6,7)/t40-,43+,44+;/m0./s1. The lowest BCUT2D eigenvalue weighted by atomic mass is 9.49. The molecule has 1 aromatic heterocycles. The fourth-order valence-corrected chi connectivity index (χ4v) is 9.28. The topological polar surface area (TPSA) is 105 Å². The zero-order valence-electron chi connectivity index (χ0n) is 33.5. The number of hydrogen-bond donors (Lipinski definition) is 2. The maximum absolute atomic E-state index is 11.3. The fraction of sp³-hybridized carbons (Fsp3) is 0.413. The number of nitrogens with zero attached hydrogens (tertiary/aromatic N) is 3. The second-order valence-electron chi connectivity index (χ2n) is 16.8. The van der Waals surface area contributed by atoms with Gasteiger partial charge < -0.3 is 24.4 Å². The van der Waals surface area contributed by atoms with Crippen LogP contribution >= 0.6 is 0 Å². The molecule has 4 aromatic carbocycles. The fourth-order valence-electron chi connectivity index (χ4n) is 9.28. The molecule has 1 saturated carbocycles. The maximum atomic E-state index is 11.3. The average molecular weight is 784 g/mol. The SMILES string of the molecule is CC(C)c1ccc2c(c1)CC[C@H]1[C@@](C)(Cn3c(-c4cccc(OCC(=O)O)c4)nc4cc(-c5ccc(CN(C)C)cc5)ccc43)CCC[C@]21C.O=C(O)C(F)(F)F. The number of carboxylic acid groups (broad SMARTS) is 2. The van der Waals surface area contributed by atoms with Crippen LogP contribution in [-0.2, 0) is 34.5 Å². The van der Waals surface area contributed by atoms with Crippen molar-refractivity contribution in [3.63, 3.8) is 0 Å². The molecule has 0 amide bonds. The molecule has 0 saturated heterocycles. The third-order valence-electron chi connectivity index (χ3n) is 11.9. The molecule has 5 aromatic rings. The Balaban J connectivity index is 0.000000719. The summed E-state index contributed by atoms with van der Waals surface area (Å²) in [5.74, 6) is -1.25. The first-order valence-corrected chi connectivity index (χ1v) is 19.5. The summed E-state index contributed by atoms with van der Waals surface area (Å²) in [5, 5.41) is 16.4. The summed E-state index contributed by atoms with van der Waals surface area (Å²) in [6.07, 6.45) is 0.825. The molecule has 3 atom stereocenters. The lowest BCUT2D eigenvalue weighted by Gasteiger charge is -2.56. The first kappa shape index (κ1) is 41.5. The second kappa shape index (κ2) is 16.4. The Morgan fingerprint density at radius 2 is 1.63 bits per heavy atom. The highest BCUT2D eigenvalue weighted by molar-refractivity contribution is 5.86. The van der Waals surface area contributed by atoms with Gasteiger partial charge in [-0.25, -0.2) is 14.6 Å². The van der Waals surface area contributed by atoms with E-state index in [4.69, 9.17) is 19.6 Å². The van der Waals surface area contributed by atoms with E-state index < -0.39 is 18.1 Å². The van der Waals surface area contributed by atoms with Gasteiger partial charge in [-0.2, -0.15) is 13.2 Å². The zero-order chi connectivity index (χ0) is 41.3. The van der Waals surface area contributed by atoms with Crippen LogP contribution in [0.2, 0.25) is 0 Å². The molecule has 0 aliphatic heterocycles. The van der Waals surface area contributed by atoms with Crippen molar-refractivity contribution in [2.45, 2.75) is 90.4 Å². The molecule has 0 unspecified atom stereocenters. The van der Waals surface area contributed by atoms with Gasteiger partial charge in [-0.05, 0) is 120 Å². The van der Waals surface area contributed by atoms with Gasteiger partial charge in [-0.3, -0.25) is 0 Å². The van der Waals surface area contributed by atoms with E-state index in [1.807, 2.05) is 18.2 Å². The van der Waals surface area contributed by atoms with Gasteiger partial charge in [0.05, 0.1) is 11.0 Å². The summed E-state index contributed by atoms with van der Waals surface area (Å²) in [4.78, 5) is 27.7. The van der Waals surface area contributed by atoms with Gasteiger partial charge in [0.25, 0.3) is 0 Å². The van der Waals surface area contributed by atoms with E-state index in [1.54, 1.807) is 11.1 Å². The van der Waals surface area contributed by atoms with Crippen molar-refractivity contribution in [1.82, 2.24) is 14.5 Å². The molecule has 11 heteroatoms. The molecule has 1 heterocycles. The molecule has 57 heavy (non-hydrogen) atoms. The third kappa shape index (κ3) is 9.04. The minimum atomic E-state index is -5.08. The van der Waals surface area contributed by atoms with Crippen molar-refractivity contribution < 1.29 is 37.7 Å². The molecule has 0 radical (unpaired) electrons. The number of carboxylic acids is 2. The second-order valence-corrected chi connectivity index (χ2v) is 16.8. The van der Waals surface area contributed by atoms with Crippen LogP contribution in [0.4, 0.5) is 13.2 Å². The smallest absolute Gasteiger partial charge is 0.482 e. The van der Waals surface area contributed by atoms with E-state index in [9.17, 15) is 23.1 Å². The van der Waals surface area contributed by atoms with Crippen LogP contribution in [0, 0.1) is 11.3 Å². The van der Waals surface area contributed by atoms with Crippen molar-refractivity contribution >= 4 is 23.0 Å². The van der Waals surface area contributed by atoms with E-state index in [1.165, 1.54) is 42.4 Å². The lowest BCUT2D eigenvalue weighted by molar-refractivity contribution is -0.192. The van der Waals surface area contributed by atoms with Gasteiger partial charge in [0.2, 0.25) is 0 Å². The number of benzene rings is 4. The number of fused-ring (bicyclic) bond motifs is 4. The molecular formula is C46H52F3N3O5.